The maximum Gasteiger partial charge on any atom is 0.315 e. The van der Waals surface area contributed by atoms with Crippen molar-refractivity contribution in [1.29, 1.82) is 0 Å². The van der Waals surface area contributed by atoms with Crippen LogP contribution in [0.1, 0.15) is 30.6 Å². The Bertz CT molecular complexity index is 614. The lowest BCUT2D eigenvalue weighted by molar-refractivity contribution is 0.173. The van der Waals surface area contributed by atoms with Crippen LogP contribution < -0.4 is 15.4 Å². The molecule has 0 aliphatic carbocycles. The number of aliphatic hydroxyl groups excluding tert-OH is 1. The van der Waals surface area contributed by atoms with Crippen LogP contribution in [0, 0.1) is 0 Å². The molecule has 0 saturated carbocycles. The van der Waals surface area contributed by atoms with E-state index in [9.17, 15) is 9.90 Å². The number of aryl methyl sites for hydroxylation is 1. The Kier molecular flexibility index (Phi) is 7.08. The molecule has 24 heavy (non-hydrogen) atoms. The van der Waals surface area contributed by atoms with Gasteiger partial charge in [-0.1, -0.05) is 12.1 Å². The van der Waals surface area contributed by atoms with Gasteiger partial charge in [-0.15, -0.1) is 0 Å². The van der Waals surface area contributed by atoms with E-state index in [0.717, 1.165) is 24.2 Å². The summed E-state index contributed by atoms with van der Waals surface area (Å²) in [6, 6.07) is 9.58. The summed E-state index contributed by atoms with van der Waals surface area (Å²) in [5, 5.41) is 19.3. The van der Waals surface area contributed by atoms with Crippen LogP contribution in [0.25, 0.3) is 0 Å². The third-order valence-electron chi connectivity index (χ3n) is 3.79. The first-order chi connectivity index (χ1) is 11.6. The predicted molar refractivity (Wildman–Crippen MR) is 96.6 cm³/mol. The zero-order chi connectivity index (χ0) is 17.4. The van der Waals surface area contributed by atoms with Gasteiger partial charge in [0.1, 0.15) is 5.75 Å². The zero-order valence-electron chi connectivity index (χ0n) is 14.0. The number of hydrogen-bond acceptors (Lipinski definition) is 4. The summed E-state index contributed by atoms with van der Waals surface area (Å²) in [7, 11) is 1.65. The number of urea groups is 1. The van der Waals surface area contributed by atoms with Crippen LogP contribution in [0.2, 0.25) is 0 Å². The Morgan fingerprint density at radius 3 is 2.67 bits per heavy atom. The molecule has 3 N–H and O–H groups in total. The van der Waals surface area contributed by atoms with E-state index < -0.39 is 6.10 Å². The number of carbonyl (C=O) groups excluding carboxylic acids is 1. The molecule has 0 radical (unpaired) electrons. The van der Waals surface area contributed by atoms with Gasteiger partial charge in [0.2, 0.25) is 0 Å². The molecule has 5 nitrogen and oxygen atoms in total. The second-order valence-electron chi connectivity index (χ2n) is 5.71. The molecule has 2 atom stereocenters. The van der Waals surface area contributed by atoms with Crippen LogP contribution in [0.5, 0.6) is 5.75 Å². The molecule has 1 aromatic carbocycles. The molecule has 2 rings (SSSR count). The summed E-state index contributed by atoms with van der Waals surface area (Å²) in [4.78, 5) is 11.9. The van der Waals surface area contributed by atoms with Gasteiger partial charge in [0.25, 0.3) is 0 Å². The lowest BCUT2D eigenvalue weighted by Crippen LogP contribution is -2.42. The zero-order valence-corrected chi connectivity index (χ0v) is 14.8. The number of rotatable bonds is 8. The third kappa shape index (κ3) is 5.86. The van der Waals surface area contributed by atoms with E-state index >= 15 is 0 Å². The Balaban J connectivity index is 1.67. The minimum atomic E-state index is -0.670. The molecule has 0 aliphatic heterocycles. The van der Waals surface area contributed by atoms with Crippen molar-refractivity contribution < 1.29 is 14.6 Å². The molecule has 2 aromatic rings. The Morgan fingerprint density at radius 2 is 2.04 bits per heavy atom. The second-order valence-corrected chi connectivity index (χ2v) is 6.49. The molecule has 0 bridgehead atoms. The summed E-state index contributed by atoms with van der Waals surface area (Å²) in [6.45, 7) is 2.17. The number of methoxy groups -OCH3 is 1. The summed E-state index contributed by atoms with van der Waals surface area (Å²) < 4.78 is 5.14. The summed E-state index contributed by atoms with van der Waals surface area (Å²) in [6.07, 6.45) is 1.05. The second kappa shape index (κ2) is 9.30. The van der Waals surface area contributed by atoms with Gasteiger partial charge in [-0.25, -0.2) is 4.79 Å². The van der Waals surface area contributed by atoms with Crippen LogP contribution in [-0.4, -0.2) is 30.8 Å². The van der Waals surface area contributed by atoms with Crippen LogP contribution in [0.4, 0.5) is 4.79 Å². The number of nitrogens with one attached hydrogen (secondary N) is 2. The smallest absolute Gasteiger partial charge is 0.315 e. The molecular weight excluding hydrogens is 324 g/mol. The van der Waals surface area contributed by atoms with Gasteiger partial charge in [0.05, 0.1) is 13.2 Å². The van der Waals surface area contributed by atoms with E-state index in [-0.39, 0.29) is 18.6 Å². The fraction of sp³-hybridized carbons (Fsp3) is 0.389. The van der Waals surface area contributed by atoms with Crippen molar-refractivity contribution in [3.8, 4) is 5.75 Å². The molecule has 2 amide bonds. The molecule has 0 saturated heterocycles. The minimum Gasteiger partial charge on any atom is -0.497 e. The van der Waals surface area contributed by atoms with E-state index in [0.29, 0.717) is 0 Å². The van der Waals surface area contributed by atoms with Gasteiger partial charge < -0.3 is 20.5 Å². The van der Waals surface area contributed by atoms with Crippen molar-refractivity contribution in [3.05, 3.63) is 52.2 Å². The van der Waals surface area contributed by atoms with E-state index in [2.05, 4.69) is 10.6 Å². The van der Waals surface area contributed by atoms with Crippen LogP contribution in [0.15, 0.2) is 41.1 Å². The quantitative estimate of drug-likeness (QED) is 0.686. The summed E-state index contributed by atoms with van der Waals surface area (Å²) in [5.74, 6) is 0.841. The SMILES string of the molecule is COc1ccc(CCC(C)NC(=O)NCC(O)c2ccsc2)cc1. The minimum absolute atomic E-state index is 0.0467. The number of thiophene rings is 1. The fourth-order valence-corrected chi connectivity index (χ4v) is 3.00. The lowest BCUT2D eigenvalue weighted by Gasteiger charge is -2.16. The molecule has 1 aromatic heterocycles. The average Bonchev–Trinajstić information content (AvgIpc) is 3.13. The highest BCUT2D eigenvalue weighted by Crippen LogP contribution is 2.15. The van der Waals surface area contributed by atoms with Gasteiger partial charge in [0.15, 0.2) is 0 Å². The van der Waals surface area contributed by atoms with Crippen LogP contribution in [-0.2, 0) is 6.42 Å². The van der Waals surface area contributed by atoms with Gasteiger partial charge in [0, 0.05) is 12.6 Å². The summed E-state index contributed by atoms with van der Waals surface area (Å²) in [5.41, 5.74) is 2.03. The van der Waals surface area contributed by atoms with Crippen molar-refractivity contribution in [2.24, 2.45) is 0 Å². The van der Waals surface area contributed by atoms with Crippen LogP contribution >= 0.6 is 11.3 Å². The number of ether oxygens (including phenoxy) is 1. The summed E-state index contributed by atoms with van der Waals surface area (Å²) >= 11 is 1.52. The third-order valence-corrected chi connectivity index (χ3v) is 4.49. The standard InChI is InChI=1S/C18H24N2O3S/c1-13(3-4-14-5-7-16(23-2)8-6-14)20-18(22)19-11-17(21)15-9-10-24-12-15/h5-10,12-13,17,21H,3-4,11H2,1-2H3,(H2,19,20,22). The first kappa shape index (κ1) is 18.3. The monoisotopic (exact) mass is 348 g/mol. The van der Waals surface area contributed by atoms with E-state index in [1.807, 2.05) is 48.0 Å². The largest absolute Gasteiger partial charge is 0.497 e. The van der Waals surface area contributed by atoms with Crippen molar-refractivity contribution >= 4 is 17.4 Å². The normalized spacial score (nSPS) is 13.1. The van der Waals surface area contributed by atoms with Gasteiger partial charge in [-0.05, 0) is 59.9 Å². The highest BCUT2D eigenvalue weighted by atomic mass is 32.1. The maximum atomic E-state index is 11.9. The molecule has 2 unspecified atom stereocenters. The number of hydrogen-bond donors (Lipinski definition) is 3. The fourth-order valence-electron chi connectivity index (χ4n) is 2.29. The first-order valence-electron chi connectivity index (χ1n) is 7.96. The number of amides is 2. The first-order valence-corrected chi connectivity index (χ1v) is 8.90. The molecule has 1 heterocycles. The van der Waals surface area contributed by atoms with E-state index in [1.54, 1.807) is 7.11 Å². The molecule has 130 valence electrons. The Morgan fingerprint density at radius 1 is 1.29 bits per heavy atom. The van der Waals surface area contributed by atoms with Crippen molar-refractivity contribution in [1.82, 2.24) is 10.6 Å². The van der Waals surface area contributed by atoms with Gasteiger partial charge in [-0.2, -0.15) is 11.3 Å². The van der Waals surface area contributed by atoms with Crippen molar-refractivity contribution in [2.45, 2.75) is 31.9 Å². The highest BCUT2D eigenvalue weighted by Gasteiger charge is 2.11. The molecule has 6 heteroatoms. The Hall–Kier alpha value is -2.05. The number of carbonyl (C=O) groups is 1. The Labute approximate surface area is 146 Å². The van der Waals surface area contributed by atoms with E-state index in [1.165, 1.54) is 16.9 Å². The topological polar surface area (TPSA) is 70.6 Å². The van der Waals surface area contributed by atoms with Crippen molar-refractivity contribution in [2.75, 3.05) is 13.7 Å². The molecule has 0 fully saturated rings. The van der Waals surface area contributed by atoms with Crippen LogP contribution in [0.3, 0.4) is 0 Å². The van der Waals surface area contributed by atoms with Crippen molar-refractivity contribution in [3.63, 3.8) is 0 Å². The maximum absolute atomic E-state index is 11.9. The molecular formula is C18H24N2O3S. The van der Waals surface area contributed by atoms with E-state index in [4.69, 9.17) is 4.74 Å². The highest BCUT2D eigenvalue weighted by molar-refractivity contribution is 7.07. The predicted octanol–water partition coefficient (Wildman–Crippen LogP) is 3.11. The average molecular weight is 348 g/mol. The van der Waals surface area contributed by atoms with Gasteiger partial charge in [-0.3, -0.25) is 0 Å². The number of aliphatic hydroxyl groups is 1. The van der Waals surface area contributed by atoms with Gasteiger partial charge >= 0.3 is 6.03 Å². The molecule has 0 spiro atoms. The lowest BCUT2D eigenvalue weighted by atomic mass is 10.1. The molecule has 0 aliphatic rings. The number of benzene rings is 1.